The number of carbonyl (C=O) groups excluding carboxylic acids is 2. The zero-order valence-electron chi connectivity index (χ0n) is 31.4. The molecule has 0 aromatic heterocycles. The van der Waals surface area contributed by atoms with E-state index >= 15 is 0 Å². The van der Waals surface area contributed by atoms with Gasteiger partial charge in [-0.05, 0) is 67.5 Å². The summed E-state index contributed by atoms with van der Waals surface area (Å²) in [5, 5.41) is 25.1. The number of ether oxygens (including phenoxy) is 2. The van der Waals surface area contributed by atoms with Crippen molar-refractivity contribution in [3.05, 3.63) is 67.8 Å². The van der Waals surface area contributed by atoms with Crippen molar-refractivity contribution < 1.29 is 54.7 Å². The smallest absolute Gasteiger partial charge is 0.444 e. The quantitative estimate of drug-likeness (QED) is 0.162. The average molecular weight is 793 g/mol. The number of hydrogen-bond donors (Lipinski definition) is 1. The van der Waals surface area contributed by atoms with Crippen LogP contribution in [0.25, 0.3) is 0 Å². The van der Waals surface area contributed by atoms with E-state index in [0.717, 1.165) is 38.3 Å². The number of alkyl halides is 3. The van der Waals surface area contributed by atoms with Gasteiger partial charge in [-0.3, -0.25) is 20.2 Å². The molecule has 2 aliphatic rings. The minimum atomic E-state index is -5.93. The Morgan fingerprint density at radius 2 is 1.15 bits per heavy atom. The van der Waals surface area contributed by atoms with E-state index in [-0.39, 0.29) is 34.0 Å². The first-order valence-corrected chi connectivity index (χ1v) is 18.0. The monoisotopic (exact) mass is 792 g/mol. The molecule has 0 spiro atoms. The van der Waals surface area contributed by atoms with Gasteiger partial charge in [0.25, 0.3) is 5.69 Å². The van der Waals surface area contributed by atoms with Crippen molar-refractivity contribution in [1.82, 2.24) is 15.1 Å². The van der Waals surface area contributed by atoms with Gasteiger partial charge in [-0.2, -0.15) is 21.6 Å². The summed E-state index contributed by atoms with van der Waals surface area (Å²) in [5.41, 5.74) is -6.02. The third-order valence-corrected chi connectivity index (χ3v) is 8.27. The number of piperazine rings is 2. The van der Waals surface area contributed by atoms with Gasteiger partial charge in [-0.15, -0.1) is 0 Å². The van der Waals surface area contributed by atoms with Crippen molar-refractivity contribution in [2.45, 2.75) is 72.1 Å². The number of halogens is 3. The average Bonchev–Trinajstić information content (AvgIpc) is 3.03. The highest BCUT2D eigenvalue weighted by molar-refractivity contribution is 7.88. The molecule has 2 fully saturated rings. The molecule has 0 atom stereocenters. The number of amides is 2. The molecule has 4 rings (SSSR count). The topological polar surface area (TPSA) is 204 Å². The summed E-state index contributed by atoms with van der Waals surface area (Å²) in [7, 11) is -5.93. The molecule has 0 unspecified atom stereocenters. The summed E-state index contributed by atoms with van der Waals surface area (Å²) in [6.07, 6.45) is -0.537. The highest BCUT2D eigenvalue weighted by Gasteiger charge is 2.49. The van der Waals surface area contributed by atoms with Gasteiger partial charge in [0.1, 0.15) is 16.9 Å². The Morgan fingerprint density at radius 3 is 1.57 bits per heavy atom. The van der Waals surface area contributed by atoms with Crippen LogP contribution in [0.4, 0.5) is 39.8 Å². The molecule has 54 heavy (non-hydrogen) atoms. The number of para-hydroxylation sites is 2. The molecule has 0 radical (unpaired) electrons. The van der Waals surface area contributed by atoms with E-state index in [9.17, 15) is 51.4 Å². The molecule has 302 valence electrons. The first-order valence-electron chi connectivity index (χ1n) is 16.6. The lowest BCUT2D eigenvalue weighted by molar-refractivity contribution is -0.386. The number of benzene rings is 2. The maximum Gasteiger partial charge on any atom is 0.534 e. The molecular weight excluding hydrogens is 745 g/mol. The second-order valence-corrected chi connectivity index (χ2v) is 15.6. The summed E-state index contributed by atoms with van der Waals surface area (Å²) in [4.78, 5) is 49.5. The molecular formula is C33H47F3N6O11S. The number of nitrogens with one attached hydrogen (secondary N) is 1. The number of aryl methyl sites for hydroxylation is 2. The van der Waals surface area contributed by atoms with Crippen molar-refractivity contribution in [3.8, 4) is 5.75 Å². The van der Waals surface area contributed by atoms with Crippen LogP contribution in [0, 0.1) is 34.1 Å². The van der Waals surface area contributed by atoms with Crippen molar-refractivity contribution in [2.24, 2.45) is 0 Å². The third kappa shape index (κ3) is 13.8. The Labute approximate surface area is 311 Å². The van der Waals surface area contributed by atoms with Gasteiger partial charge in [0, 0.05) is 63.5 Å². The fourth-order valence-electron chi connectivity index (χ4n) is 4.87. The number of nitro benzene ring substituents is 2. The fourth-order valence-corrected chi connectivity index (χ4v) is 5.33. The predicted octanol–water partition coefficient (Wildman–Crippen LogP) is 5.92. The molecule has 21 heteroatoms. The summed E-state index contributed by atoms with van der Waals surface area (Å²) < 4.78 is 72.0. The lowest BCUT2D eigenvalue weighted by atomic mass is 10.1. The number of nitrogens with zero attached hydrogens (tertiary/aromatic N) is 5. The molecule has 17 nitrogen and oxygen atoms in total. The second kappa shape index (κ2) is 18.4. The van der Waals surface area contributed by atoms with Crippen LogP contribution >= 0.6 is 0 Å². The van der Waals surface area contributed by atoms with Crippen LogP contribution in [0.5, 0.6) is 5.75 Å². The van der Waals surface area contributed by atoms with Gasteiger partial charge in [0.2, 0.25) is 5.75 Å². The van der Waals surface area contributed by atoms with Crippen LogP contribution in [-0.2, 0) is 19.6 Å². The van der Waals surface area contributed by atoms with Crippen molar-refractivity contribution >= 4 is 39.4 Å². The SMILES string of the molecule is CC(C)(C)OC(=O)N1CCNCC1.Cc1cccc(N2CCN(C(=O)OC(C)(C)C)CC2)c1[N+](=O)[O-].Cc1cccc(OS(=O)(=O)C(F)(F)F)c1[N+](=O)[O-]. The molecule has 0 bridgehead atoms. The normalized spacial score (nSPS) is 15.1. The highest BCUT2D eigenvalue weighted by atomic mass is 32.2. The molecule has 1 N–H and O–H groups in total. The Bertz CT molecular complexity index is 1750. The number of nitro groups is 2. The number of carbonyl (C=O) groups is 2. The Kier molecular flexibility index (Phi) is 15.4. The maximum atomic E-state index is 12.1. The van der Waals surface area contributed by atoms with Crippen molar-refractivity contribution in [1.29, 1.82) is 0 Å². The largest absolute Gasteiger partial charge is 0.534 e. The Balaban J connectivity index is 0.000000292. The molecule has 2 aliphatic heterocycles. The highest BCUT2D eigenvalue weighted by Crippen LogP contribution is 2.35. The van der Waals surface area contributed by atoms with E-state index < -0.39 is 37.6 Å². The molecule has 2 aromatic rings. The number of rotatable bonds is 5. The molecule has 2 heterocycles. The van der Waals surface area contributed by atoms with E-state index in [1.54, 1.807) is 28.9 Å². The fraction of sp³-hybridized carbons (Fsp3) is 0.576. The first-order chi connectivity index (χ1) is 24.7. The van der Waals surface area contributed by atoms with Gasteiger partial charge in [-0.25, -0.2) is 9.59 Å². The summed E-state index contributed by atoms with van der Waals surface area (Å²) in [5.74, 6) is -0.975. The summed E-state index contributed by atoms with van der Waals surface area (Å²) >= 11 is 0. The van der Waals surface area contributed by atoms with Crippen LogP contribution in [0.2, 0.25) is 0 Å². The van der Waals surface area contributed by atoms with E-state index in [0.29, 0.717) is 37.4 Å². The lowest BCUT2D eigenvalue weighted by Crippen LogP contribution is -2.50. The van der Waals surface area contributed by atoms with E-state index in [4.69, 9.17) is 9.47 Å². The zero-order chi connectivity index (χ0) is 41.2. The van der Waals surface area contributed by atoms with E-state index in [1.165, 1.54) is 13.0 Å². The minimum Gasteiger partial charge on any atom is -0.444 e. The second-order valence-electron chi connectivity index (χ2n) is 14.0. The Morgan fingerprint density at radius 1 is 0.722 bits per heavy atom. The van der Waals surface area contributed by atoms with Crippen LogP contribution in [0.15, 0.2) is 36.4 Å². The summed E-state index contributed by atoms with van der Waals surface area (Å²) in [6.45, 7) is 19.4. The van der Waals surface area contributed by atoms with Gasteiger partial charge in [0.15, 0.2) is 0 Å². The van der Waals surface area contributed by atoms with E-state index in [1.807, 2.05) is 52.5 Å². The molecule has 0 aliphatic carbocycles. The van der Waals surface area contributed by atoms with E-state index in [2.05, 4.69) is 9.50 Å². The maximum absolute atomic E-state index is 12.1. The predicted molar refractivity (Wildman–Crippen MR) is 192 cm³/mol. The molecule has 2 saturated heterocycles. The minimum absolute atomic E-state index is 0.0186. The van der Waals surface area contributed by atoms with Gasteiger partial charge < -0.3 is 33.7 Å². The number of hydrogen-bond acceptors (Lipinski definition) is 13. The van der Waals surface area contributed by atoms with Crippen molar-refractivity contribution in [2.75, 3.05) is 57.3 Å². The van der Waals surface area contributed by atoms with Crippen LogP contribution in [0.1, 0.15) is 52.7 Å². The lowest BCUT2D eigenvalue weighted by Gasteiger charge is -2.36. The third-order valence-electron chi connectivity index (χ3n) is 7.31. The van der Waals surface area contributed by atoms with Crippen LogP contribution < -0.4 is 14.4 Å². The molecule has 2 aromatic carbocycles. The summed E-state index contributed by atoms with van der Waals surface area (Å²) in [6, 6.07) is 8.47. The van der Waals surface area contributed by atoms with Crippen LogP contribution in [-0.4, -0.2) is 109 Å². The number of anilines is 1. The Hall–Kier alpha value is -4.92. The van der Waals surface area contributed by atoms with Gasteiger partial charge >= 0.3 is 33.5 Å². The standard InChI is InChI=1S/C16H23N3O4.C9H18N2O2.C8H6F3NO5S/c1-12-6-5-7-13(14(12)19(21)22)17-8-10-18(11-9-17)15(20)23-16(2,3)4;1-9(2,3)13-8(12)11-6-4-10-5-7-11;1-5-3-2-4-6(7(5)12(13)14)17-18(15,16)8(9,10)11/h5-7H,8-11H2,1-4H3;10H,4-7H2,1-3H3;2-4H,1H3. The van der Waals surface area contributed by atoms with Crippen molar-refractivity contribution in [3.63, 3.8) is 0 Å². The van der Waals surface area contributed by atoms with Gasteiger partial charge in [0.05, 0.1) is 9.85 Å². The van der Waals surface area contributed by atoms with Crippen LogP contribution in [0.3, 0.4) is 0 Å². The molecule has 2 amide bonds. The zero-order valence-corrected chi connectivity index (χ0v) is 32.2. The van der Waals surface area contributed by atoms with Gasteiger partial charge in [-0.1, -0.05) is 24.3 Å². The first kappa shape index (κ1) is 45.2. The molecule has 0 saturated carbocycles.